The monoisotopic (exact) mass is 329 g/mol. The van der Waals surface area contributed by atoms with E-state index in [4.69, 9.17) is 5.73 Å². The van der Waals surface area contributed by atoms with Crippen molar-refractivity contribution in [3.8, 4) is 0 Å². The first-order valence-electron chi connectivity index (χ1n) is 8.68. The minimum absolute atomic E-state index is 0.242. The lowest BCUT2D eigenvalue weighted by atomic mass is 9.81. The fraction of sp³-hybridized carbons (Fsp3) is 0.938. The first-order chi connectivity index (χ1) is 10.5. The third kappa shape index (κ3) is 4.77. The Morgan fingerprint density at radius 3 is 2.59 bits per heavy atom. The van der Waals surface area contributed by atoms with E-state index in [1.807, 2.05) is 6.21 Å². The number of hydrogen-bond acceptors (Lipinski definition) is 5. The molecule has 2 unspecified atom stereocenters. The summed E-state index contributed by atoms with van der Waals surface area (Å²) < 4.78 is 23.3. The molecule has 2 atom stereocenters. The van der Waals surface area contributed by atoms with Crippen LogP contribution in [0.25, 0.3) is 0 Å². The van der Waals surface area contributed by atoms with E-state index in [1.54, 1.807) is 0 Å². The lowest BCUT2D eigenvalue weighted by Crippen LogP contribution is -2.64. The summed E-state index contributed by atoms with van der Waals surface area (Å²) in [5.41, 5.74) is 6.42. The van der Waals surface area contributed by atoms with Gasteiger partial charge in [-0.1, -0.05) is 39.0 Å². The Bertz CT molecular complexity index is 464. The van der Waals surface area contributed by atoms with E-state index in [2.05, 4.69) is 16.8 Å². The average Bonchev–Trinajstić information content (AvgIpc) is 2.48. The molecule has 2 rings (SSSR count). The van der Waals surface area contributed by atoms with Crippen LogP contribution in [0.2, 0.25) is 0 Å². The standard InChI is InChI=1S/C16H31N3O2S/c1-2-3-4-5-6-8-16(17)14-18-9-7-15(16)19-10-12-22(20,21)13-11-19/h9,15H,2-8,10-14,17H2,1H3. The highest BCUT2D eigenvalue weighted by Crippen LogP contribution is 2.27. The van der Waals surface area contributed by atoms with Crippen LogP contribution in [-0.4, -0.2) is 62.3 Å². The molecule has 0 bridgehead atoms. The Morgan fingerprint density at radius 2 is 1.91 bits per heavy atom. The molecule has 0 spiro atoms. The quantitative estimate of drug-likeness (QED) is 0.720. The van der Waals surface area contributed by atoms with Crippen molar-refractivity contribution >= 4 is 16.1 Å². The van der Waals surface area contributed by atoms with E-state index in [9.17, 15) is 8.42 Å². The second kappa shape index (κ2) is 7.88. The Balaban J connectivity index is 1.91. The van der Waals surface area contributed by atoms with Crippen LogP contribution in [0.5, 0.6) is 0 Å². The van der Waals surface area contributed by atoms with Gasteiger partial charge in [0.1, 0.15) is 0 Å². The van der Waals surface area contributed by atoms with Crippen molar-refractivity contribution in [1.29, 1.82) is 0 Å². The summed E-state index contributed by atoms with van der Waals surface area (Å²) in [5, 5.41) is 0. The first-order valence-corrected chi connectivity index (χ1v) is 10.5. The molecule has 0 amide bonds. The molecule has 0 aromatic heterocycles. The lowest BCUT2D eigenvalue weighted by molar-refractivity contribution is 0.123. The summed E-state index contributed by atoms with van der Waals surface area (Å²) >= 11 is 0. The summed E-state index contributed by atoms with van der Waals surface area (Å²) in [6.45, 7) is 4.14. The van der Waals surface area contributed by atoms with E-state index in [0.717, 1.165) is 19.3 Å². The van der Waals surface area contributed by atoms with Crippen molar-refractivity contribution in [3.63, 3.8) is 0 Å². The van der Waals surface area contributed by atoms with E-state index >= 15 is 0 Å². The minimum atomic E-state index is -2.83. The van der Waals surface area contributed by atoms with Gasteiger partial charge in [-0.25, -0.2) is 8.42 Å². The third-order valence-electron chi connectivity index (χ3n) is 5.07. The van der Waals surface area contributed by atoms with Crippen molar-refractivity contribution in [2.45, 2.75) is 63.5 Å². The SMILES string of the molecule is CCCCCCCC1(N)CN=CCC1N1CCS(=O)(=O)CC1. The molecular formula is C16H31N3O2S. The molecular weight excluding hydrogens is 298 g/mol. The highest BCUT2D eigenvalue weighted by molar-refractivity contribution is 7.91. The zero-order chi connectivity index (χ0) is 16.1. The van der Waals surface area contributed by atoms with Crippen molar-refractivity contribution in [2.75, 3.05) is 31.1 Å². The van der Waals surface area contributed by atoms with Gasteiger partial charge in [0.15, 0.2) is 9.84 Å². The number of rotatable bonds is 7. The number of hydrogen-bond donors (Lipinski definition) is 1. The molecule has 6 heteroatoms. The Hall–Kier alpha value is -0.460. The predicted octanol–water partition coefficient (Wildman–Crippen LogP) is 1.62. The largest absolute Gasteiger partial charge is 0.322 e. The average molecular weight is 330 g/mol. The van der Waals surface area contributed by atoms with Gasteiger partial charge in [0.05, 0.1) is 23.6 Å². The molecule has 5 nitrogen and oxygen atoms in total. The molecule has 2 aliphatic rings. The van der Waals surface area contributed by atoms with E-state index < -0.39 is 9.84 Å². The van der Waals surface area contributed by atoms with Crippen LogP contribution >= 0.6 is 0 Å². The van der Waals surface area contributed by atoms with E-state index in [1.165, 1.54) is 25.7 Å². The second-order valence-corrected chi connectivity index (χ2v) is 9.16. The van der Waals surface area contributed by atoms with E-state index in [-0.39, 0.29) is 23.1 Å². The molecule has 2 aliphatic heterocycles. The summed E-state index contributed by atoms with van der Waals surface area (Å²) in [4.78, 5) is 6.71. The maximum atomic E-state index is 11.6. The first kappa shape index (κ1) is 17.9. The molecule has 1 fully saturated rings. The molecule has 22 heavy (non-hydrogen) atoms. The van der Waals surface area contributed by atoms with Gasteiger partial charge in [0, 0.05) is 25.3 Å². The fourth-order valence-electron chi connectivity index (χ4n) is 3.60. The van der Waals surface area contributed by atoms with Crippen molar-refractivity contribution < 1.29 is 8.42 Å². The Morgan fingerprint density at radius 1 is 1.23 bits per heavy atom. The maximum absolute atomic E-state index is 11.6. The Kier molecular flexibility index (Phi) is 6.41. The molecule has 0 radical (unpaired) electrons. The summed E-state index contributed by atoms with van der Waals surface area (Å²) in [5.74, 6) is 0.542. The van der Waals surface area contributed by atoms with Gasteiger partial charge in [-0.05, 0) is 12.8 Å². The lowest BCUT2D eigenvalue weighted by Gasteiger charge is -2.46. The number of nitrogens with zero attached hydrogens (tertiary/aromatic N) is 2. The topological polar surface area (TPSA) is 75.8 Å². The van der Waals surface area contributed by atoms with Crippen LogP contribution in [0.4, 0.5) is 0 Å². The Labute approximate surface area is 135 Å². The smallest absolute Gasteiger partial charge is 0.152 e. The summed E-state index contributed by atoms with van der Waals surface area (Å²) in [7, 11) is -2.83. The summed E-state index contributed by atoms with van der Waals surface area (Å²) in [6.07, 6.45) is 10.0. The molecule has 0 aliphatic carbocycles. The number of unbranched alkanes of at least 4 members (excludes halogenated alkanes) is 4. The zero-order valence-corrected chi connectivity index (χ0v) is 14.7. The van der Waals surface area contributed by atoms with Gasteiger partial charge in [-0.2, -0.15) is 0 Å². The molecule has 128 valence electrons. The molecule has 0 aromatic rings. The molecule has 1 saturated heterocycles. The second-order valence-electron chi connectivity index (χ2n) is 6.86. The van der Waals surface area contributed by atoms with Gasteiger partial charge in [-0.3, -0.25) is 9.89 Å². The van der Waals surface area contributed by atoms with Crippen LogP contribution in [0, 0.1) is 0 Å². The number of nitrogens with two attached hydrogens (primary N) is 1. The number of sulfone groups is 1. The highest BCUT2D eigenvalue weighted by Gasteiger charge is 2.40. The molecule has 0 saturated carbocycles. The van der Waals surface area contributed by atoms with Gasteiger partial charge in [0.25, 0.3) is 0 Å². The van der Waals surface area contributed by atoms with Crippen LogP contribution in [0.3, 0.4) is 0 Å². The van der Waals surface area contributed by atoms with Crippen LogP contribution in [0.15, 0.2) is 4.99 Å². The van der Waals surface area contributed by atoms with Crippen molar-refractivity contribution in [3.05, 3.63) is 0 Å². The fourth-order valence-corrected chi connectivity index (χ4v) is 4.83. The number of aliphatic imine (C=N–C) groups is 1. The van der Waals surface area contributed by atoms with Crippen LogP contribution in [-0.2, 0) is 9.84 Å². The molecule has 0 aromatic carbocycles. The van der Waals surface area contributed by atoms with Crippen LogP contribution < -0.4 is 5.73 Å². The van der Waals surface area contributed by atoms with Gasteiger partial charge < -0.3 is 5.73 Å². The zero-order valence-electron chi connectivity index (χ0n) is 13.8. The van der Waals surface area contributed by atoms with E-state index in [0.29, 0.717) is 19.6 Å². The highest BCUT2D eigenvalue weighted by atomic mass is 32.2. The van der Waals surface area contributed by atoms with Crippen molar-refractivity contribution in [2.24, 2.45) is 10.7 Å². The molecule has 2 heterocycles. The van der Waals surface area contributed by atoms with Gasteiger partial charge in [0.2, 0.25) is 0 Å². The third-order valence-corrected chi connectivity index (χ3v) is 6.68. The molecule has 2 N–H and O–H groups in total. The normalized spacial score (nSPS) is 32.2. The summed E-state index contributed by atoms with van der Waals surface area (Å²) in [6, 6.07) is 0.242. The van der Waals surface area contributed by atoms with Gasteiger partial charge >= 0.3 is 0 Å². The van der Waals surface area contributed by atoms with Gasteiger partial charge in [-0.15, -0.1) is 0 Å². The maximum Gasteiger partial charge on any atom is 0.152 e. The van der Waals surface area contributed by atoms with Crippen LogP contribution in [0.1, 0.15) is 51.9 Å². The van der Waals surface area contributed by atoms with Crippen molar-refractivity contribution in [1.82, 2.24) is 4.90 Å². The minimum Gasteiger partial charge on any atom is -0.322 e. The predicted molar refractivity (Wildman–Crippen MR) is 92.3 cm³/mol.